The van der Waals surface area contributed by atoms with Crippen LogP contribution in [0.4, 0.5) is 0 Å². The van der Waals surface area contributed by atoms with Gasteiger partial charge in [-0.1, -0.05) is 36.4 Å². The number of aromatic nitrogens is 3. The van der Waals surface area contributed by atoms with Crippen molar-refractivity contribution in [3.8, 4) is 0 Å². The summed E-state index contributed by atoms with van der Waals surface area (Å²) < 4.78 is 4.68. The van der Waals surface area contributed by atoms with Crippen molar-refractivity contribution in [1.29, 1.82) is 0 Å². The van der Waals surface area contributed by atoms with E-state index in [1.807, 2.05) is 0 Å². The second-order valence-corrected chi connectivity index (χ2v) is 8.38. The SMILES string of the molecule is Cc1ccc(C)c2c1CCC13C=CC21C1C=CC3n2c(=O)n(C)c(=O)n21. The van der Waals surface area contributed by atoms with Crippen LogP contribution < -0.4 is 11.4 Å². The summed E-state index contributed by atoms with van der Waals surface area (Å²) >= 11 is 0. The van der Waals surface area contributed by atoms with Crippen LogP contribution in [0.1, 0.15) is 40.8 Å². The molecule has 2 bridgehead atoms. The Morgan fingerprint density at radius 1 is 0.962 bits per heavy atom. The molecule has 132 valence electrons. The fourth-order valence-corrected chi connectivity index (χ4v) is 6.38. The minimum atomic E-state index is -0.215. The molecule has 5 aliphatic rings. The van der Waals surface area contributed by atoms with E-state index >= 15 is 0 Å². The molecule has 4 unspecified atom stereocenters. The predicted molar refractivity (Wildman–Crippen MR) is 98.6 cm³/mol. The van der Waals surface area contributed by atoms with E-state index in [1.165, 1.54) is 26.8 Å². The molecule has 7 rings (SSSR count). The maximum atomic E-state index is 12.9. The number of aryl methyl sites for hydroxylation is 2. The monoisotopic (exact) mass is 347 g/mol. The maximum absolute atomic E-state index is 12.9. The highest BCUT2D eigenvalue weighted by molar-refractivity contribution is 5.60. The summed E-state index contributed by atoms with van der Waals surface area (Å²) in [6.07, 6.45) is 11.0. The number of hydrogen-bond acceptors (Lipinski definition) is 2. The molecule has 0 saturated carbocycles. The molecule has 5 heteroatoms. The lowest BCUT2D eigenvalue weighted by Crippen LogP contribution is -2.68. The van der Waals surface area contributed by atoms with Crippen molar-refractivity contribution in [3.63, 3.8) is 0 Å². The first-order valence-electron chi connectivity index (χ1n) is 9.32. The van der Waals surface area contributed by atoms with Crippen LogP contribution in [0.25, 0.3) is 0 Å². The molecule has 1 aromatic heterocycles. The summed E-state index contributed by atoms with van der Waals surface area (Å²) in [6.45, 7) is 4.37. The molecule has 0 N–H and O–H groups in total. The Balaban J connectivity index is 1.78. The van der Waals surface area contributed by atoms with Gasteiger partial charge in [-0.3, -0.25) is 0 Å². The smallest absolute Gasteiger partial charge is 0.246 e. The zero-order chi connectivity index (χ0) is 18.0. The zero-order valence-electron chi connectivity index (χ0n) is 15.2. The van der Waals surface area contributed by atoms with Crippen LogP contribution in [0.15, 0.2) is 46.0 Å². The van der Waals surface area contributed by atoms with E-state index in [0.717, 1.165) is 12.8 Å². The number of hydrogen-bond donors (Lipinski definition) is 0. The van der Waals surface area contributed by atoms with Crippen molar-refractivity contribution in [2.24, 2.45) is 12.5 Å². The first-order valence-corrected chi connectivity index (χ1v) is 9.32. The molecule has 2 aromatic rings. The number of benzene rings is 1. The fraction of sp³-hybridized carbons (Fsp3) is 0.429. The lowest BCUT2D eigenvalue weighted by molar-refractivity contribution is -0.00767. The molecule has 4 atom stereocenters. The molecule has 2 aliphatic heterocycles. The normalized spacial score (nSPS) is 34.7. The van der Waals surface area contributed by atoms with Crippen LogP contribution in [0.5, 0.6) is 0 Å². The molecular formula is C21H21N3O2. The number of allylic oxidation sites excluding steroid dienone is 4. The van der Waals surface area contributed by atoms with Gasteiger partial charge in [0.25, 0.3) is 0 Å². The quantitative estimate of drug-likeness (QED) is 0.685. The first kappa shape index (κ1) is 14.6. The third-order valence-electron chi connectivity index (χ3n) is 7.57. The predicted octanol–water partition coefficient (Wildman–Crippen LogP) is 2.07. The second-order valence-electron chi connectivity index (χ2n) is 8.38. The Labute approximate surface area is 150 Å². The largest absolute Gasteiger partial charge is 0.347 e. The molecule has 0 radical (unpaired) electrons. The molecule has 5 nitrogen and oxygen atoms in total. The minimum Gasteiger partial charge on any atom is -0.246 e. The third kappa shape index (κ3) is 1.17. The van der Waals surface area contributed by atoms with Crippen molar-refractivity contribution >= 4 is 0 Å². The Bertz CT molecular complexity index is 1190. The number of nitrogens with zero attached hydrogens (tertiary/aromatic N) is 3. The molecule has 0 saturated heterocycles. The Kier molecular flexibility index (Phi) is 2.28. The summed E-state index contributed by atoms with van der Waals surface area (Å²) in [5.74, 6) is 0. The van der Waals surface area contributed by atoms with Crippen molar-refractivity contribution in [2.45, 2.75) is 44.2 Å². The topological polar surface area (TPSA) is 48.9 Å². The van der Waals surface area contributed by atoms with E-state index in [-0.39, 0.29) is 34.3 Å². The average molecular weight is 347 g/mol. The molecule has 0 spiro atoms. The highest BCUT2D eigenvalue weighted by Crippen LogP contribution is 2.71. The second kappa shape index (κ2) is 4.05. The molecular weight excluding hydrogens is 326 g/mol. The van der Waals surface area contributed by atoms with Crippen molar-refractivity contribution in [1.82, 2.24) is 13.9 Å². The van der Waals surface area contributed by atoms with Crippen molar-refractivity contribution < 1.29 is 0 Å². The van der Waals surface area contributed by atoms with Crippen LogP contribution in [-0.4, -0.2) is 13.9 Å². The highest BCUT2D eigenvalue weighted by Gasteiger charge is 2.70. The first-order chi connectivity index (χ1) is 12.4. The van der Waals surface area contributed by atoms with Gasteiger partial charge in [0.05, 0.1) is 17.5 Å². The van der Waals surface area contributed by atoms with E-state index < -0.39 is 0 Å². The Hall–Kier alpha value is -2.56. The van der Waals surface area contributed by atoms with Crippen molar-refractivity contribution in [2.75, 3.05) is 0 Å². The molecule has 26 heavy (non-hydrogen) atoms. The minimum absolute atomic E-state index is 0.0908. The zero-order valence-corrected chi connectivity index (χ0v) is 15.2. The van der Waals surface area contributed by atoms with Crippen LogP contribution in [0.3, 0.4) is 0 Å². The summed E-state index contributed by atoms with van der Waals surface area (Å²) in [7, 11) is 1.58. The molecule has 0 amide bonds. The summed E-state index contributed by atoms with van der Waals surface area (Å²) in [6, 6.07) is 4.19. The number of fused-ring (bicyclic) bond motifs is 1. The summed E-state index contributed by atoms with van der Waals surface area (Å²) in [5.41, 5.74) is 4.71. The third-order valence-corrected chi connectivity index (χ3v) is 7.57. The van der Waals surface area contributed by atoms with Gasteiger partial charge in [-0.25, -0.2) is 23.5 Å². The Morgan fingerprint density at radius 3 is 2.31 bits per heavy atom. The van der Waals surface area contributed by atoms with Gasteiger partial charge in [0.1, 0.15) is 0 Å². The van der Waals surface area contributed by atoms with Crippen LogP contribution in [-0.2, 0) is 18.9 Å². The van der Waals surface area contributed by atoms with E-state index in [4.69, 9.17) is 0 Å². The van der Waals surface area contributed by atoms with Crippen LogP contribution in [0, 0.1) is 19.3 Å². The van der Waals surface area contributed by atoms with E-state index in [9.17, 15) is 9.59 Å². The molecule has 3 heterocycles. The van der Waals surface area contributed by atoms with Gasteiger partial charge in [-0.05, 0) is 48.9 Å². The van der Waals surface area contributed by atoms with E-state index in [0.29, 0.717) is 0 Å². The van der Waals surface area contributed by atoms with E-state index in [1.54, 1.807) is 16.4 Å². The van der Waals surface area contributed by atoms with Gasteiger partial charge in [-0.2, -0.15) is 0 Å². The molecule has 0 fully saturated rings. The molecule has 3 aliphatic carbocycles. The summed E-state index contributed by atoms with van der Waals surface area (Å²) in [4.78, 5) is 25.7. The van der Waals surface area contributed by atoms with Gasteiger partial charge in [-0.15, -0.1) is 0 Å². The lowest BCUT2D eigenvalue weighted by Gasteiger charge is -2.67. The summed E-state index contributed by atoms with van der Waals surface area (Å²) in [5, 5.41) is 0. The Morgan fingerprint density at radius 2 is 1.62 bits per heavy atom. The van der Waals surface area contributed by atoms with Crippen LogP contribution in [0.2, 0.25) is 0 Å². The molecule has 1 aromatic carbocycles. The van der Waals surface area contributed by atoms with Gasteiger partial charge >= 0.3 is 11.4 Å². The lowest BCUT2D eigenvalue weighted by atomic mass is 9.40. The van der Waals surface area contributed by atoms with Gasteiger partial charge in [0.15, 0.2) is 0 Å². The van der Waals surface area contributed by atoms with Gasteiger partial charge in [0.2, 0.25) is 0 Å². The number of rotatable bonds is 0. The maximum Gasteiger partial charge on any atom is 0.347 e. The standard InChI is InChI=1S/C21H21N3O2/c1-12-4-5-13(2)17-14(12)8-9-20-10-11-21(17,20)16-7-6-15(20)23-18(25)22(3)19(26)24(16)23/h4-7,10-11,15-16H,8-9H2,1-3H3. The highest BCUT2D eigenvalue weighted by atomic mass is 16.2. The van der Waals surface area contributed by atoms with Crippen molar-refractivity contribution in [3.05, 3.63) is 79.7 Å². The van der Waals surface area contributed by atoms with Gasteiger partial charge in [0, 0.05) is 12.5 Å². The van der Waals surface area contributed by atoms with Gasteiger partial charge < -0.3 is 0 Å². The average Bonchev–Trinajstić information content (AvgIpc) is 2.85. The fourth-order valence-electron chi connectivity index (χ4n) is 6.38. The van der Waals surface area contributed by atoms with Crippen LogP contribution >= 0.6 is 0 Å². The van der Waals surface area contributed by atoms with E-state index in [2.05, 4.69) is 50.3 Å².